The van der Waals surface area contributed by atoms with Crippen molar-refractivity contribution in [1.82, 2.24) is 15.1 Å². The van der Waals surface area contributed by atoms with Crippen LogP contribution in [0.2, 0.25) is 0 Å². The standard InChI is InChI=1S/C4H5N5O2.Na.H/c10-2-5-4-1-6-9(8-4)7-3-11;;/h1-3H,(H,7,11)(H,5,8,10);;. The van der Waals surface area contributed by atoms with Crippen LogP contribution in [0.3, 0.4) is 0 Å². The third kappa shape index (κ3) is 2.99. The molecule has 1 rings (SSSR count). The van der Waals surface area contributed by atoms with Crippen molar-refractivity contribution in [2.24, 2.45) is 0 Å². The molecule has 2 N–H and O–H groups in total. The van der Waals surface area contributed by atoms with Gasteiger partial charge >= 0.3 is 29.6 Å². The minimum atomic E-state index is 0. The summed E-state index contributed by atoms with van der Waals surface area (Å²) >= 11 is 0. The van der Waals surface area contributed by atoms with E-state index in [1.54, 1.807) is 0 Å². The molecule has 1 aromatic heterocycles. The number of aromatic nitrogens is 3. The molecule has 2 amide bonds. The molecule has 12 heavy (non-hydrogen) atoms. The van der Waals surface area contributed by atoms with Gasteiger partial charge in [-0.1, -0.05) is 4.91 Å². The molecule has 1 aromatic rings. The number of nitrogens with zero attached hydrogens (tertiary/aromatic N) is 3. The van der Waals surface area contributed by atoms with Gasteiger partial charge in [0.1, 0.15) is 0 Å². The molecule has 0 aromatic carbocycles. The Bertz CT molecular complexity index is 237. The predicted molar refractivity (Wildman–Crippen MR) is 42.3 cm³/mol. The molecule has 0 aliphatic carbocycles. The van der Waals surface area contributed by atoms with E-state index in [0.29, 0.717) is 12.8 Å². The molecule has 0 unspecified atom stereocenters. The molecule has 0 aliphatic heterocycles. The van der Waals surface area contributed by atoms with Gasteiger partial charge in [-0.05, 0) is 0 Å². The van der Waals surface area contributed by atoms with E-state index in [1.165, 1.54) is 6.20 Å². The van der Waals surface area contributed by atoms with Crippen molar-refractivity contribution < 1.29 is 9.59 Å². The number of hydrogen-bond acceptors (Lipinski definition) is 4. The fourth-order valence-electron chi connectivity index (χ4n) is 0.499. The Balaban J connectivity index is 0.00000121. The second-order valence-electron chi connectivity index (χ2n) is 1.53. The van der Waals surface area contributed by atoms with Crippen LogP contribution in [-0.4, -0.2) is 57.5 Å². The Hall–Kier alpha value is -0.920. The molecule has 60 valence electrons. The third-order valence-electron chi connectivity index (χ3n) is 0.867. The summed E-state index contributed by atoms with van der Waals surface area (Å²) in [6, 6.07) is 0. The van der Waals surface area contributed by atoms with Gasteiger partial charge in [-0.25, -0.2) is 5.43 Å². The quantitative estimate of drug-likeness (QED) is 0.409. The van der Waals surface area contributed by atoms with Crippen molar-refractivity contribution in [3.05, 3.63) is 6.20 Å². The topological polar surface area (TPSA) is 88.9 Å². The van der Waals surface area contributed by atoms with Crippen LogP contribution in [0.25, 0.3) is 0 Å². The van der Waals surface area contributed by atoms with Crippen LogP contribution in [0.5, 0.6) is 0 Å². The Kier molecular flexibility index (Phi) is 5.26. The molecular weight excluding hydrogens is 173 g/mol. The second-order valence-corrected chi connectivity index (χ2v) is 1.53. The Morgan fingerprint density at radius 2 is 2.17 bits per heavy atom. The number of anilines is 1. The van der Waals surface area contributed by atoms with Crippen molar-refractivity contribution in [3.8, 4) is 0 Å². The summed E-state index contributed by atoms with van der Waals surface area (Å²) < 4.78 is 0. The Morgan fingerprint density at radius 3 is 2.75 bits per heavy atom. The Morgan fingerprint density at radius 1 is 1.42 bits per heavy atom. The van der Waals surface area contributed by atoms with Gasteiger partial charge in [-0.3, -0.25) is 9.59 Å². The number of hydrogen-bond donors (Lipinski definition) is 2. The normalized spacial score (nSPS) is 8.00. The zero-order valence-corrected chi connectivity index (χ0v) is 5.39. The first kappa shape index (κ1) is 11.1. The van der Waals surface area contributed by atoms with Gasteiger partial charge in [0.2, 0.25) is 12.8 Å². The van der Waals surface area contributed by atoms with Gasteiger partial charge in [0, 0.05) is 0 Å². The van der Waals surface area contributed by atoms with Crippen molar-refractivity contribution >= 4 is 48.2 Å². The minimum absolute atomic E-state index is 0. The van der Waals surface area contributed by atoms with Gasteiger partial charge in [0.15, 0.2) is 5.82 Å². The van der Waals surface area contributed by atoms with Crippen LogP contribution in [0, 0.1) is 0 Å². The number of carbonyl (C=O) groups is 2. The summed E-state index contributed by atoms with van der Waals surface area (Å²) in [5.74, 6) is 0.273. The summed E-state index contributed by atoms with van der Waals surface area (Å²) in [4.78, 5) is 20.6. The van der Waals surface area contributed by atoms with Crippen molar-refractivity contribution in [1.29, 1.82) is 0 Å². The van der Waals surface area contributed by atoms with Crippen molar-refractivity contribution in [3.63, 3.8) is 0 Å². The average molecular weight is 179 g/mol. The van der Waals surface area contributed by atoms with E-state index in [-0.39, 0.29) is 35.4 Å². The maximum absolute atomic E-state index is 9.86. The summed E-state index contributed by atoms with van der Waals surface area (Å²) in [5.41, 5.74) is 2.14. The summed E-state index contributed by atoms with van der Waals surface area (Å²) in [6.45, 7) is 0. The van der Waals surface area contributed by atoms with E-state index in [2.05, 4.69) is 20.9 Å². The molecule has 7 nitrogen and oxygen atoms in total. The average Bonchev–Trinajstić information content (AvgIpc) is 2.38. The molecule has 8 heteroatoms. The molecule has 0 atom stereocenters. The van der Waals surface area contributed by atoms with E-state index in [9.17, 15) is 9.59 Å². The van der Waals surface area contributed by atoms with Crippen molar-refractivity contribution in [2.45, 2.75) is 0 Å². The van der Waals surface area contributed by atoms with Gasteiger partial charge < -0.3 is 5.32 Å². The molecule has 0 bridgehead atoms. The van der Waals surface area contributed by atoms with E-state index in [4.69, 9.17) is 0 Å². The Labute approximate surface area is 89.8 Å². The van der Waals surface area contributed by atoms with Gasteiger partial charge in [0.05, 0.1) is 6.20 Å². The van der Waals surface area contributed by atoms with E-state index < -0.39 is 0 Å². The summed E-state index contributed by atoms with van der Waals surface area (Å²) in [5, 5.41) is 9.43. The first-order valence-electron chi connectivity index (χ1n) is 2.69. The van der Waals surface area contributed by atoms with Gasteiger partial charge in [-0.15, -0.1) is 10.2 Å². The number of amides is 2. The molecule has 0 saturated carbocycles. The zero-order chi connectivity index (χ0) is 8.10. The molecule has 1 heterocycles. The summed E-state index contributed by atoms with van der Waals surface area (Å²) in [6.07, 6.45) is 2.19. The molecule has 0 aliphatic rings. The van der Waals surface area contributed by atoms with E-state index in [1.807, 2.05) is 0 Å². The number of nitrogens with one attached hydrogen (secondary N) is 2. The SMILES string of the molecule is O=CNc1cnn(NC=O)n1.[NaH]. The zero-order valence-electron chi connectivity index (χ0n) is 5.39. The maximum atomic E-state index is 9.86. The van der Waals surface area contributed by atoms with E-state index >= 15 is 0 Å². The first-order valence-corrected chi connectivity index (χ1v) is 2.69. The van der Waals surface area contributed by atoms with Crippen LogP contribution in [0.15, 0.2) is 6.20 Å². The van der Waals surface area contributed by atoms with Gasteiger partial charge in [0.25, 0.3) is 0 Å². The number of carbonyl (C=O) groups excluding carboxylic acids is 2. The van der Waals surface area contributed by atoms with Crippen LogP contribution in [-0.2, 0) is 9.59 Å². The summed E-state index contributed by atoms with van der Waals surface area (Å²) in [7, 11) is 0. The van der Waals surface area contributed by atoms with Gasteiger partial charge in [-0.2, -0.15) is 0 Å². The fourth-order valence-corrected chi connectivity index (χ4v) is 0.499. The second kappa shape index (κ2) is 5.70. The molecule has 0 fully saturated rings. The molecular formula is C4H6N5NaO2. The first-order chi connectivity index (χ1) is 5.36. The number of rotatable bonds is 4. The van der Waals surface area contributed by atoms with E-state index in [0.717, 1.165) is 4.91 Å². The molecule has 0 saturated heterocycles. The molecule has 0 spiro atoms. The predicted octanol–water partition coefficient (Wildman–Crippen LogP) is -2.10. The fraction of sp³-hybridized carbons (Fsp3) is 0. The van der Waals surface area contributed by atoms with Crippen LogP contribution in [0.1, 0.15) is 0 Å². The van der Waals surface area contributed by atoms with Crippen LogP contribution in [0.4, 0.5) is 5.82 Å². The third-order valence-corrected chi connectivity index (χ3v) is 0.867. The van der Waals surface area contributed by atoms with Crippen LogP contribution < -0.4 is 10.7 Å². The van der Waals surface area contributed by atoms with Crippen molar-refractivity contribution in [2.75, 3.05) is 10.7 Å². The molecule has 0 radical (unpaired) electrons. The van der Waals surface area contributed by atoms with Crippen LogP contribution >= 0.6 is 0 Å². The monoisotopic (exact) mass is 179 g/mol.